The minimum absolute atomic E-state index is 0.113. The molecule has 2 aromatic heterocycles. The summed E-state index contributed by atoms with van der Waals surface area (Å²) < 4.78 is 28.8. The van der Waals surface area contributed by atoms with Gasteiger partial charge < -0.3 is 20.3 Å². The number of likely N-dealkylation sites (tertiary alicyclic amines) is 1. The summed E-state index contributed by atoms with van der Waals surface area (Å²) in [7, 11) is 0. The number of fused-ring (bicyclic) bond motifs is 1. The van der Waals surface area contributed by atoms with Gasteiger partial charge in [0.05, 0.1) is 16.5 Å². The van der Waals surface area contributed by atoms with Crippen molar-refractivity contribution in [1.29, 1.82) is 0 Å². The van der Waals surface area contributed by atoms with Crippen molar-refractivity contribution in [2.24, 2.45) is 0 Å². The molecule has 3 N–H and O–H groups in total. The minimum atomic E-state index is -0.787. The van der Waals surface area contributed by atoms with Gasteiger partial charge in [-0.25, -0.2) is 18.7 Å². The molecule has 34 heavy (non-hydrogen) atoms. The van der Waals surface area contributed by atoms with Crippen molar-refractivity contribution in [1.82, 2.24) is 19.9 Å². The molecule has 9 heteroatoms. The largest absolute Gasteiger partial charge is 0.494 e. The number of nitrogens with one attached hydrogen (secondary N) is 2. The van der Waals surface area contributed by atoms with Crippen LogP contribution in [-0.2, 0) is 10.2 Å². The molecule has 0 aliphatic carbocycles. The molecule has 0 saturated carbocycles. The Morgan fingerprint density at radius 2 is 1.85 bits per heavy atom. The summed E-state index contributed by atoms with van der Waals surface area (Å²) in [6, 6.07) is 10.9. The number of amides is 1. The SMILES string of the molecule is CCN1CCC(C)(c2ccc(Nc3nc(-c4c(F)cccc4F)nc4c[nH]c(O)c34)cc2)C1=O. The molecule has 1 saturated heterocycles. The quantitative estimate of drug-likeness (QED) is 0.393. The van der Waals surface area contributed by atoms with Crippen LogP contribution in [0.2, 0.25) is 0 Å². The Bertz CT molecular complexity index is 1380. The molecule has 7 nitrogen and oxygen atoms in total. The van der Waals surface area contributed by atoms with Gasteiger partial charge in [0, 0.05) is 25.0 Å². The zero-order valence-electron chi connectivity index (χ0n) is 18.7. The van der Waals surface area contributed by atoms with E-state index in [1.165, 1.54) is 12.3 Å². The Morgan fingerprint density at radius 1 is 1.15 bits per heavy atom. The molecular weight excluding hydrogens is 440 g/mol. The van der Waals surface area contributed by atoms with Gasteiger partial charge >= 0.3 is 0 Å². The number of likely N-dealkylation sites (N-methyl/N-ethyl adjacent to an activating group) is 1. The summed E-state index contributed by atoms with van der Waals surface area (Å²) in [4.78, 5) is 25.9. The van der Waals surface area contributed by atoms with Crippen molar-refractivity contribution in [2.45, 2.75) is 25.7 Å². The average Bonchev–Trinajstić information content (AvgIpc) is 3.34. The van der Waals surface area contributed by atoms with Crippen LogP contribution in [0.25, 0.3) is 22.3 Å². The molecule has 1 fully saturated rings. The zero-order chi connectivity index (χ0) is 24.0. The molecule has 0 spiro atoms. The van der Waals surface area contributed by atoms with E-state index in [0.29, 0.717) is 23.1 Å². The van der Waals surface area contributed by atoms with Crippen LogP contribution in [0.15, 0.2) is 48.7 Å². The number of anilines is 2. The van der Waals surface area contributed by atoms with Crippen LogP contribution in [0.4, 0.5) is 20.3 Å². The highest BCUT2D eigenvalue weighted by molar-refractivity contribution is 5.96. The lowest BCUT2D eigenvalue weighted by atomic mass is 9.81. The van der Waals surface area contributed by atoms with Gasteiger partial charge in [0.2, 0.25) is 11.8 Å². The maximum Gasteiger partial charge on any atom is 0.233 e. The maximum absolute atomic E-state index is 14.4. The maximum atomic E-state index is 14.4. The number of aromatic amines is 1. The number of aromatic hydroxyl groups is 1. The first-order valence-electron chi connectivity index (χ1n) is 11.0. The second kappa shape index (κ2) is 8.09. The lowest BCUT2D eigenvalue weighted by Crippen LogP contribution is -2.35. The molecule has 0 bridgehead atoms. The molecule has 0 radical (unpaired) electrons. The smallest absolute Gasteiger partial charge is 0.233 e. The predicted octanol–water partition coefficient (Wildman–Crippen LogP) is 4.86. The topological polar surface area (TPSA) is 94.1 Å². The number of hydrogen-bond acceptors (Lipinski definition) is 5. The van der Waals surface area contributed by atoms with E-state index in [-0.39, 0.29) is 29.0 Å². The van der Waals surface area contributed by atoms with Gasteiger partial charge in [-0.05, 0) is 50.1 Å². The van der Waals surface area contributed by atoms with Crippen molar-refractivity contribution in [2.75, 3.05) is 18.4 Å². The van der Waals surface area contributed by atoms with Crippen molar-refractivity contribution in [3.05, 3.63) is 65.9 Å². The van der Waals surface area contributed by atoms with Crippen LogP contribution in [0.5, 0.6) is 5.88 Å². The third-order valence-corrected chi connectivity index (χ3v) is 6.51. The van der Waals surface area contributed by atoms with Gasteiger partial charge in [-0.1, -0.05) is 18.2 Å². The lowest BCUT2D eigenvalue weighted by molar-refractivity contribution is -0.131. The molecule has 5 rings (SSSR count). The first-order chi connectivity index (χ1) is 16.3. The summed E-state index contributed by atoms with van der Waals surface area (Å²) >= 11 is 0. The fourth-order valence-electron chi connectivity index (χ4n) is 4.48. The Kier molecular flexibility index (Phi) is 5.19. The highest BCUT2D eigenvalue weighted by Gasteiger charge is 2.43. The van der Waals surface area contributed by atoms with Crippen molar-refractivity contribution >= 4 is 28.3 Å². The van der Waals surface area contributed by atoms with E-state index in [1.54, 1.807) is 0 Å². The average molecular weight is 463 g/mol. The van der Waals surface area contributed by atoms with Crippen molar-refractivity contribution in [3.8, 4) is 17.3 Å². The highest BCUT2D eigenvalue weighted by atomic mass is 19.1. The van der Waals surface area contributed by atoms with Crippen LogP contribution in [0.1, 0.15) is 25.8 Å². The summed E-state index contributed by atoms with van der Waals surface area (Å²) in [5, 5.41) is 13.7. The monoisotopic (exact) mass is 463 g/mol. The van der Waals surface area contributed by atoms with E-state index in [2.05, 4.69) is 20.3 Å². The third-order valence-electron chi connectivity index (χ3n) is 6.51. The number of benzene rings is 2. The number of nitrogens with zero attached hydrogens (tertiary/aromatic N) is 3. The summed E-state index contributed by atoms with van der Waals surface area (Å²) in [6.07, 6.45) is 2.18. The first kappa shape index (κ1) is 21.8. The van der Waals surface area contributed by atoms with Gasteiger partial charge in [-0.15, -0.1) is 0 Å². The molecule has 4 aromatic rings. The van der Waals surface area contributed by atoms with Crippen molar-refractivity contribution < 1.29 is 18.7 Å². The number of carbonyl (C=O) groups is 1. The molecular formula is C25H23F2N5O2. The summed E-state index contributed by atoms with van der Waals surface area (Å²) in [5.41, 5.74) is 0.909. The fourth-order valence-corrected chi connectivity index (χ4v) is 4.48. The fraction of sp³-hybridized carbons (Fsp3) is 0.240. The second-order valence-electron chi connectivity index (χ2n) is 8.56. The highest BCUT2D eigenvalue weighted by Crippen LogP contribution is 2.37. The van der Waals surface area contributed by atoms with E-state index < -0.39 is 17.0 Å². The molecule has 1 atom stereocenters. The number of aromatic nitrogens is 3. The Hall–Kier alpha value is -4.01. The number of halogens is 2. The summed E-state index contributed by atoms with van der Waals surface area (Å²) in [6.45, 7) is 5.33. The van der Waals surface area contributed by atoms with Gasteiger partial charge in [-0.3, -0.25) is 4.79 Å². The first-order valence-corrected chi connectivity index (χ1v) is 11.0. The van der Waals surface area contributed by atoms with Crippen molar-refractivity contribution in [3.63, 3.8) is 0 Å². The predicted molar refractivity (Wildman–Crippen MR) is 125 cm³/mol. The van der Waals surface area contributed by atoms with Crippen LogP contribution >= 0.6 is 0 Å². The van der Waals surface area contributed by atoms with E-state index in [1.807, 2.05) is 43.0 Å². The van der Waals surface area contributed by atoms with Crippen LogP contribution < -0.4 is 5.32 Å². The van der Waals surface area contributed by atoms with E-state index in [9.17, 15) is 18.7 Å². The lowest BCUT2D eigenvalue weighted by Gasteiger charge is -2.23. The summed E-state index contributed by atoms with van der Waals surface area (Å²) in [5.74, 6) is -1.59. The van der Waals surface area contributed by atoms with Crippen LogP contribution in [0.3, 0.4) is 0 Å². The Labute approximate surface area is 194 Å². The molecule has 1 aliphatic heterocycles. The molecule has 1 aliphatic rings. The Morgan fingerprint density at radius 3 is 2.50 bits per heavy atom. The van der Waals surface area contributed by atoms with Crippen LogP contribution in [0, 0.1) is 11.6 Å². The molecule has 1 unspecified atom stereocenters. The third kappa shape index (κ3) is 3.44. The van der Waals surface area contributed by atoms with Gasteiger partial charge in [-0.2, -0.15) is 0 Å². The molecule has 3 heterocycles. The van der Waals surface area contributed by atoms with Gasteiger partial charge in [0.15, 0.2) is 5.82 Å². The number of hydrogen-bond donors (Lipinski definition) is 3. The van der Waals surface area contributed by atoms with Crippen LogP contribution in [-0.4, -0.2) is 44.0 Å². The standard InChI is InChI=1S/C25H23F2N5O2/c1-3-32-12-11-25(2,24(32)34)14-7-9-15(10-8-14)29-22-20-18(13-28-23(20)33)30-21(31-22)19-16(26)5-4-6-17(19)27/h4-10,13,28,33H,3,11-12H2,1-2H3,(H,29,30,31). The van der Waals surface area contributed by atoms with E-state index in [0.717, 1.165) is 30.7 Å². The normalized spacial score (nSPS) is 18.1. The van der Waals surface area contributed by atoms with Gasteiger partial charge in [0.25, 0.3) is 0 Å². The molecule has 1 amide bonds. The van der Waals surface area contributed by atoms with E-state index in [4.69, 9.17) is 0 Å². The zero-order valence-corrected chi connectivity index (χ0v) is 18.7. The Balaban J connectivity index is 1.52. The van der Waals surface area contributed by atoms with Gasteiger partial charge in [0.1, 0.15) is 22.8 Å². The number of carbonyl (C=O) groups excluding carboxylic acids is 1. The number of rotatable bonds is 5. The minimum Gasteiger partial charge on any atom is -0.494 e. The van der Waals surface area contributed by atoms with E-state index >= 15 is 0 Å². The molecule has 174 valence electrons. The molecule has 2 aromatic carbocycles. The second-order valence-corrected chi connectivity index (χ2v) is 8.56. The number of H-pyrrole nitrogens is 1.